The Morgan fingerprint density at radius 2 is 1.88 bits per heavy atom. The highest BCUT2D eigenvalue weighted by Gasteiger charge is 2.24. The van der Waals surface area contributed by atoms with Gasteiger partial charge >= 0.3 is 11.9 Å². The molecule has 1 heterocycles. The number of nitrogens with zero attached hydrogens (tertiary/aromatic N) is 3. The summed E-state index contributed by atoms with van der Waals surface area (Å²) in [7, 11) is 0. The lowest BCUT2D eigenvalue weighted by Crippen LogP contribution is -2.45. The summed E-state index contributed by atoms with van der Waals surface area (Å²) in [4.78, 5) is 34.5. The maximum atomic E-state index is 12.0. The molecule has 1 amide bonds. The zero-order valence-corrected chi connectivity index (χ0v) is 14.6. The number of aromatic carboxylic acids is 1. The zero-order valence-electron chi connectivity index (χ0n) is 14.6. The largest absolute Gasteiger partial charge is 0.476 e. The summed E-state index contributed by atoms with van der Waals surface area (Å²) in [5.74, 6) is -1.89. The molecule has 0 radical (unpaired) electrons. The fourth-order valence-corrected chi connectivity index (χ4v) is 1.91. The first-order valence-corrected chi connectivity index (χ1v) is 7.54. The van der Waals surface area contributed by atoms with Crippen LogP contribution < -0.4 is 5.32 Å². The molecule has 1 aromatic heterocycles. The number of carboxylic acids is 1. The van der Waals surface area contributed by atoms with E-state index < -0.39 is 17.1 Å². The van der Waals surface area contributed by atoms with Crippen LogP contribution in [0, 0.1) is 0 Å². The summed E-state index contributed by atoms with van der Waals surface area (Å²) >= 11 is 0. The number of esters is 1. The van der Waals surface area contributed by atoms with E-state index in [0.717, 1.165) is 4.68 Å². The van der Waals surface area contributed by atoms with Crippen molar-refractivity contribution in [2.24, 2.45) is 0 Å². The van der Waals surface area contributed by atoms with Crippen molar-refractivity contribution < 1.29 is 24.2 Å². The van der Waals surface area contributed by atoms with Gasteiger partial charge in [-0.2, -0.15) is 0 Å². The molecule has 0 bridgehead atoms. The van der Waals surface area contributed by atoms with Crippen LogP contribution in [0.2, 0.25) is 0 Å². The average molecular weight is 340 g/mol. The normalized spacial score (nSPS) is 11.9. The van der Waals surface area contributed by atoms with Gasteiger partial charge in [0.25, 0.3) is 0 Å². The molecule has 0 unspecified atom stereocenters. The van der Waals surface area contributed by atoms with E-state index in [9.17, 15) is 14.4 Å². The molecular weight excluding hydrogens is 316 g/mol. The first-order chi connectivity index (χ1) is 10.9. The third-order valence-electron chi connectivity index (χ3n) is 2.92. The summed E-state index contributed by atoms with van der Waals surface area (Å²) in [6.07, 6.45) is 1.76. The van der Waals surface area contributed by atoms with Gasteiger partial charge in [0, 0.05) is 12.0 Å². The van der Waals surface area contributed by atoms with Gasteiger partial charge in [0.1, 0.15) is 12.1 Å². The Labute approximate surface area is 140 Å². The fraction of sp³-hybridized carbons (Fsp3) is 0.667. The maximum Gasteiger partial charge on any atom is 0.358 e. The summed E-state index contributed by atoms with van der Waals surface area (Å²) in [6, 6.07) is 0. The van der Waals surface area contributed by atoms with Gasteiger partial charge in [-0.05, 0) is 41.0 Å². The van der Waals surface area contributed by atoms with Crippen LogP contribution >= 0.6 is 0 Å². The van der Waals surface area contributed by atoms with E-state index in [-0.39, 0.29) is 30.5 Å². The second-order valence-corrected chi connectivity index (χ2v) is 7.13. The number of carbonyl (C=O) groups excluding carboxylic acids is 2. The third kappa shape index (κ3) is 7.21. The number of nitrogens with one attached hydrogen (secondary N) is 1. The van der Waals surface area contributed by atoms with E-state index in [4.69, 9.17) is 9.84 Å². The number of rotatable bonds is 7. The number of hydrogen-bond donors (Lipinski definition) is 2. The Hall–Kier alpha value is -2.45. The molecule has 24 heavy (non-hydrogen) atoms. The van der Waals surface area contributed by atoms with Crippen LogP contribution in [0.3, 0.4) is 0 Å². The topological polar surface area (TPSA) is 123 Å². The number of aromatic nitrogens is 3. The van der Waals surface area contributed by atoms with Gasteiger partial charge in [0.05, 0.1) is 6.20 Å². The summed E-state index contributed by atoms with van der Waals surface area (Å²) in [5.41, 5.74) is -1.39. The van der Waals surface area contributed by atoms with E-state index in [1.165, 1.54) is 6.20 Å². The van der Waals surface area contributed by atoms with Crippen molar-refractivity contribution in [1.29, 1.82) is 0 Å². The highest BCUT2D eigenvalue weighted by Crippen LogP contribution is 2.15. The Bertz CT molecular complexity index is 616. The van der Waals surface area contributed by atoms with Crippen molar-refractivity contribution >= 4 is 17.8 Å². The van der Waals surface area contributed by atoms with Crippen molar-refractivity contribution in [3.63, 3.8) is 0 Å². The number of hydrogen-bond acceptors (Lipinski definition) is 6. The predicted octanol–water partition coefficient (Wildman–Crippen LogP) is 0.993. The lowest BCUT2D eigenvalue weighted by atomic mass is 9.98. The van der Waals surface area contributed by atoms with Crippen molar-refractivity contribution in [3.8, 4) is 0 Å². The van der Waals surface area contributed by atoms with Crippen LogP contribution in [-0.2, 0) is 20.9 Å². The standard InChI is InChI=1S/C15H24N4O5/c1-14(2,3)24-12(21)6-7-15(4,5)16-11(20)9-19-8-10(13(22)23)17-18-19/h8H,6-7,9H2,1-5H3,(H,16,20)(H,22,23). The van der Waals surface area contributed by atoms with Gasteiger partial charge in [-0.25, -0.2) is 9.48 Å². The first kappa shape index (κ1) is 19.6. The van der Waals surface area contributed by atoms with Crippen LogP contribution in [0.1, 0.15) is 57.9 Å². The van der Waals surface area contributed by atoms with Gasteiger partial charge < -0.3 is 15.2 Å². The van der Waals surface area contributed by atoms with Crippen molar-refractivity contribution in [2.45, 2.75) is 65.1 Å². The molecule has 1 aromatic rings. The molecule has 0 aliphatic rings. The average Bonchev–Trinajstić information content (AvgIpc) is 2.82. The first-order valence-electron chi connectivity index (χ1n) is 7.54. The fourth-order valence-electron chi connectivity index (χ4n) is 1.91. The molecule has 1 rings (SSSR count). The molecule has 0 fully saturated rings. The molecule has 9 heteroatoms. The van der Waals surface area contributed by atoms with Crippen LogP contribution in [-0.4, -0.2) is 49.1 Å². The van der Waals surface area contributed by atoms with E-state index >= 15 is 0 Å². The second-order valence-electron chi connectivity index (χ2n) is 7.13. The van der Waals surface area contributed by atoms with Gasteiger partial charge in [-0.1, -0.05) is 5.21 Å². The van der Waals surface area contributed by atoms with Crippen LogP contribution in [0.4, 0.5) is 0 Å². The molecule has 0 saturated heterocycles. The van der Waals surface area contributed by atoms with Gasteiger partial charge in [-0.3, -0.25) is 9.59 Å². The van der Waals surface area contributed by atoms with Crippen molar-refractivity contribution in [3.05, 3.63) is 11.9 Å². The highest BCUT2D eigenvalue weighted by atomic mass is 16.6. The lowest BCUT2D eigenvalue weighted by molar-refractivity contribution is -0.155. The molecule has 0 aromatic carbocycles. The highest BCUT2D eigenvalue weighted by molar-refractivity contribution is 5.84. The van der Waals surface area contributed by atoms with E-state index in [2.05, 4.69) is 15.6 Å². The predicted molar refractivity (Wildman–Crippen MR) is 84.3 cm³/mol. The maximum absolute atomic E-state index is 12.0. The second kappa shape index (κ2) is 7.41. The van der Waals surface area contributed by atoms with Crippen LogP contribution in [0.15, 0.2) is 6.20 Å². The summed E-state index contributed by atoms with van der Waals surface area (Å²) < 4.78 is 6.37. The number of ether oxygens (including phenoxy) is 1. The monoisotopic (exact) mass is 340 g/mol. The van der Waals surface area contributed by atoms with Crippen LogP contribution in [0.5, 0.6) is 0 Å². The number of amides is 1. The Morgan fingerprint density at radius 3 is 2.38 bits per heavy atom. The number of carbonyl (C=O) groups is 3. The molecule has 134 valence electrons. The molecule has 0 atom stereocenters. The van der Waals surface area contributed by atoms with E-state index in [1.807, 2.05) is 0 Å². The van der Waals surface area contributed by atoms with Gasteiger partial charge in [-0.15, -0.1) is 5.10 Å². The van der Waals surface area contributed by atoms with Crippen LogP contribution in [0.25, 0.3) is 0 Å². The molecule has 2 N–H and O–H groups in total. The Morgan fingerprint density at radius 1 is 1.25 bits per heavy atom. The quantitative estimate of drug-likeness (QED) is 0.709. The van der Waals surface area contributed by atoms with Crippen molar-refractivity contribution in [2.75, 3.05) is 0 Å². The smallest absolute Gasteiger partial charge is 0.358 e. The number of carboxylic acid groups (broad SMARTS) is 1. The minimum Gasteiger partial charge on any atom is -0.476 e. The van der Waals surface area contributed by atoms with Gasteiger partial charge in [0.15, 0.2) is 5.69 Å². The van der Waals surface area contributed by atoms with E-state index in [0.29, 0.717) is 6.42 Å². The van der Waals surface area contributed by atoms with Crippen molar-refractivity contribution in [1.82, 2.24) is 20.3 Å². The minimum atomic E-state index is -1.21. The zero-order chi connectivity index (χ0) is 18.5. The molecule has 0 spiro atoms. The Kier molecular flexibility index (Phi) is 6.05. The Balaban J connectivity index is 2.48. The van der Waals surface area contributed by atoms with Gasteiger partial charge in [0.2, 0.25) is 5.91 Å². The lowest BCUT2D eigenvalue weighted by Gasteiger charge is -2.27. The SMILES string of the molecule is CC(C)(CCC(=O)OC(C)(C)C)NC(=O)Cn1cc(C(=O)O)nn1. The minimum absolute atomic E-state index is 0.157. The summed E-state index contributed by atoms with van der Waals surface area (Å²) in [6.45, 7) is 8.80. The molecule has 0 aliphatic heterocycles. The molecular formula is C15H24N4O5. The summed E-state index contributed by atoms with van der Waals surface area (Å²) in [5, 5.41) is 18.5. The third-order valence-corrected chi connectivity index (χ3v) is 2.92. The molecule has 0 saturated carbocycles. The molecule has 9 nitrogen and oxygen atoms in total. The van der Waals surface area contributed by atoms with E-state index in [1.54, 1.807) is 34.6 Å². The molecule has 0 aliphatic carbocycles.